The lowest BCUT2D eigenvalue weighted by Gasteiger charge is -2.17. The Morgan fingerprint density at radius 1 is 1.41 bits per heavy atom. The summed E-state index contributed by atoms with van der Waals surface area (Å²) in [6.07, 6.45) is 1.50. The SMILES string of the molecule is CC(C)(C)C(=O)NCCC(=O)Nc1ncn[nH]1. The summed E-state index contributed by atoms with van der Waals surface area (Å²) in [6, 6.07) is 0. The number of nitrogens with zero attached hydrogens (tertiary/aromatic N) is 2. The number of nitrogens with one attached hydrogen (secondary N) is 3. The molecule has 2 amide bonds. The van der Waals surface area contributed by atoms with Gasteiger partial charge in [0.05, 0.1) is 0 Å². The fraction of sp³-hybridized carbons (Fsp3) is 0.600. The van der Waals surface area contributed by atoms with E-state index in [1.807, 2.05) is 20.8 Å². The van der Waals surface area contributed by atoms with Gasteiger partial charge in [-0.25, -0.2) is 5.10 Å². The first-order valence-corrected chi connectivity index (χ1v) is 5.33. The van der Waals surface area contributed by atoms with E-state index in [0.29, 0.717) is 12.5 Å². The van der Waals surface area contributed by atoms with Crippen molar-refractivity contribution in [2.45, 2.75) is 27.2 Å². The van der Waals surface area contributed by atoms with Gasteiger partial charge in [0.15, 0.2) is 0 Å². The largest absolute Gasteiger partial charge is 0.355 e. The number of rotatable bonds is 4. The second kappa shape index (κ2) is 5.42. The third kappa shape index (κ3) is 4.62. The Balaban J connectivity index is 2.23. The van der Waals surface area contributed by atoms with Crippen molar-refractivity contribution in [1.29, 1.82) is 0 Å². The monoisotopic (exact) mass is 239 g/mol. The van der Waals surface area contributed by atoms with Crippen molar-refractivity contribution in [3.8, 4) is 0 Å². The summed E-state index contributed by atoms with van der Waals surface area (Å²) < 4.78 is 0. The second-order valence-corrected chi connectivity index (χ2v) is 4.64. The van der Waals surface area contributed by atoms with Gasteiger partial charge in [0, 0.05) is 18.4 Å². The molecule has 0 aliphatic heterocycles. The van der Waals surface area contributed by atoms with Gasteiger partial charge in [0.25, 0.3) is 0 Å². The van der Waals surface area contributed by atoms with E-state index < -0.39 is 5.41 Å². The maximum Gasteiger partial charge on any atom is 0.228 e. The number of aromatic amines is 1. The molecule has 7 nitrogen and oxygen atoms in total. The highest BCUT2D eigenvalue weighted by Crippen LogP contribution is 2.12. The smallest absolute Gasteiger partial charge is 0.228 e. The molecule has 94 valence electrons. The molecule has 3 N–H and O–H groups in total. The van der Waals surface area contributed by atoms with Crippen LogP contribution >= 0.6 is 0 Å². The lowest BCUT2D eigenvalue weighted by Crippen LogP contribution is -2.36. The number of hydrogen-bond donors (Lipinski definition) is 3. The topological polar surface area (TPSA) is 99.8 Å². The fourth-order valence-electron chi connectivity index (χ4n) is 1.01. The molecule has 0 aliphatic rings. The quantitative estimate of drug-likeness (QED) is 0.703. The van der Waals surface area contributed by atoms with Gasteiger partial charge < -0.3 is 5.32 Å². The lowest BCUT2D eigenvalue weighted by atomic mass is 9.96. The average molecular weight is 239 g/mol. The summed E-state index contributed by atoms with van der Waals surface area (Å²) in [5, 5.41) is 11.3. The zero-order valence-electron chi connectivity index (χ0n) is 10.2. The third-order valence-electron chi connectivity index (χ3n) is 1.99. The first kappa shape index (κ1) is 13.1. The number of carbonyl (C=O) groups is 2. The van der Waals surface area contributed by atoms with Crippen molar-refractivity contribution >= 4 is 17.8 Å². The zero-order valence-corrected chi connectivity index (χ0v) is 10.2. The van der Waals surface area contributed by atoms with E-state index in [2.05, 4.69) is 25.8 Å². The summed E-state index contributed by atoms with van der Waals surface area (Å²) >= 11 is 0. The molecular weight excluding hydrogens is 222 g/mol. The predicted molar refractivity (Wildman–Crippen MR) is 62.1 cm³/mol. The van der Waals surface area contributed by atoms with Crippen LogP contribution in [0.2, 0.25) is 0 Å². The molecule has 1 rings (SSSR count). The summed E-state index contributed by atoms with van der Waals surface area (Å²) in [7, 11) is 0. The van der Waals surface area contributed by atoms with Gasteiger partial charge in [0.2, 0.25) is 17.8 Å². The fourth-order valence-corrected chi connectivity index (χ4v) is 1.01. The van der Waals surface area contributed by atoms with Crippen LogP contribution in [0.5, 0.6) is 0 Å². The van der Waals surface area contributed by atoms with E-state index in [1.165, 1.54) is 6.33 Å². The van der Waals surface area contributed by atoms with Crippen LogP contribution in [0.25, 0.3) is 0 Å². The maximum atomic E-state index is 11.5. The van der Waals surface area contributed by atoms with Crippen molar-refractivity contribution in [2.24, 2.45) is 5.41 Å². The van der Waals surface area contributed by atoms with Gasteiger partial charge in [-0.2, -0.15) is 10.1 Å². The number of carbonyl (C=O) groups excluding carboxylic acids is 2. The van der Waals surface area contributed by atoms with Crippen LogP contribution in [-0.4, -0.2) is 33.5 Å². The summed E-state index contributed by atoms with van der Waals surface area (Å²) in [6.45, 7) is 5.75. The van der Waals surface area contributed by atoms with Crippen molar-refractivity contribution in [1.82, 2.24) is 20.5 Å². The molecule has 7 heteroatoms. The maximum absolute atomic E-state index is 11.5. The third-order valence-corrected chi connectivity index (χ3v) is 1.99. The Labute approximate surface area is 99.4 Å². The standard InChI is InChI=1S/C10H17N5O2/c1-10(2,3)8(17)11-5-4-7(16)14-9-12-6-13-15-9/h6H,4-5H2,1-3H3,(H,11,17)(H2,12,13,14,15,16). The van der Waals surface area contributed by atoms with Crippen molar-refractivity contribution in [3.63, 3.8) is 0 Å². The minimum atomic E-state index is -0.443. The Morgan fingerprint density at radius 3 is 2.65 bits per heavy atom. The Kier molecular flexibility index (Phi) is 4.19. The van der Waals surface area contributed by atoms with Crippen molar-refractivity contribution in [3.05, 3.63) is 6.33 Å². The Hall–Kier alpha value is -1.92. The van der Waals surface area contributed by atoms with Crippen molar-refractivity contribution in [2.75, 3.05) is 11.9 Å². The minimum Gasteiger partial charge on any atom is -0.355 e. The molecule has 0 aliphatic carbocycles. The number of H-pyrrole nitrogens is 1. The highest BCUT2D eigenvalue weighted by Gasteiger charge is 2.20. The van der Waals surface area contributed by atoms with Gasteiger partial charge in [0.1, 0.15) is 6.33 Å². The van der Waals surface area contributed by atoms with Gasteiger partial charge >= 0.3 is 0 Å². The van der Waals surface area contributed by atoms with E-state index in [9.17, 15) is 9.59 Å². The number of anilines is 1. The van der Waals surface area contributed by atoms with E-state index in [-0.39, 0.29) is 18.2 Å². The van der Waals surface area contributed by atoms with E-state index in [1.54, 1.807) is 0 Å². The molecule has 0 fully saturated rings. The van der Waals surface area contributed by atoms with E-state index in [0.717, 1.165) is 0 Å². The van der Waals surface area contributed by atoms with Crippen LogP contribution in [-0.2, 0) is 9.59 Å². The van der Waals surface area contributed by atoms with Crippen molar-refractivity contribution < 1.29 is 9.59 Å². The van der Waals surface area contributed by atoms with Crippen LogP contribution in [0.1, 0.15) is 27.2 Å². The molecule has 1 heterocycles. The van der Waals surface area contributed by atoms with Crippen LogP contribution in [0.3, 0.4) is 0 Å². The summed E-state index contributed by atoms with van der Waals surface area (Å²) in [5.41, 5.74) is -0.443. The lowest BCUT2D eigenvalue weighted by molar-refractivity contribution is -0.128. The van der Waals surface area contributed by atoms with Gasteiger partial charge in [-0.05, 0) is 0 Å². The van der Waals surface area contributed by atoms with Gasteiger partial charge in [-0.3, -0.25) is 14.9 Å². The predicted octanol–water partition coefficient (Wildman–Crippen LogP) is 0.296. The second-order valence-electron chi connectivity index (χ2n) is 4.64. The number of amides is 2. The van der Waals surface area contributed by atoms with E-state index >= 15 is 0 Å². The molecule has 17 heavy (non-hydrogen) atoms. The molecule has 0 aromatic carbocycles. The minimum absolute atomic E-state index is 0.0787. The average Bonchev–Trinajstić information content (AvgIpc) is 2.68. The molecular formula is C10H17N5O2. The van der Waals surface area contributed by atoms with Gasteiger partial charge in [-0.1, -0.05) is 20.8 Å². The van der Waals surface area contributed by atoms with Crippen LogP contribution < -0.4 is 10.6 Å². The Morgan fingerprint density at radius 2 is 2.12 bits per heavy atom. The van der Waals surface area contributed by atoms with Crippen LogP contribution in [0, 0.1) is 5.41 Å². The highest BCUT2D eigenvalue weighted by atomic mass is 16.2. The molecule has 0 saturated heterocycles. The van der Waals surface area contributed by atoms with Crippen LogP contribution in [0.15, 0.2) is 6.33 Å². The molecule has 1 aromatic heterocycles. The molecule has 0 bridgehead atoms. The number of hydrogen-bond acceptors (Lipinski definition) is 4. The molecule has 0 spiro atoms. The molecule has 0 atom stereocenters. The zero-order chi connectivity index (χ0) is 12.9. The highest BCUT2D eigenvalue weighted by molar-refractivity contribution is 5.89. The van der Waals surface area contributed by atoms with E-state index in [4.69, 9.17) is 0 Å². The molecule has 0 radical (unpaired) electrons. The summed E-state index contributed by atoms with van der Waals surface area (Å²) in [5.74, 6) is -0.00178. The first-order valence-electron chi connectivity index (χ1n) is 5.33. The molecule has 1 aromatic rings. The first-order chi connectivity index (χ1) is 7.89. The van der Waals surface area contributed by atoms with Gasteiger partial charge in [-0.15, -0.1) is 0 Å². The molecule has 0 unspecified atom stereocenters. The summed E-state index contributed by atoms with van der Waals surface area (Å²) in [4.78, 5) is 26.6. The Bertz CT molecular complexity index is 380. The molecule has 0 saturated carbocycles. The number of aromatic nitrogens is 3. The normalized spacial score (nSPS) is 11.0. The van der Waals surface area contributed by atoms with Crippen LogP contribution in [0.4, 0.5) is 5.95 Å².